The first-order chi connectivity index (χ1) is 15.2. The molecule has 2 heterocycles. The largest absolute Gasteiger partial charge is 0.357 e. The van der Waals surface area contributed by atoms with E-state index >= 15 is 0 Å². The van der Waals surface area contributed by atoms with E-state index in [1.807, 2.05) is 26.0 Å². The van der Waals surface area contributed by atoms with Crippen molar-refractivity contribution in [2.75, 3.05) is 38.0 Å². The highest BCUT2D eigenvalue weighted by molar-refractivity contribution is 5.90. The maximum Gasteiger partial charge on any atom is 0.227 e. The average molecular weight is 423 g/mol. The van der Waals surface area contributed by atoms with Crippen LogP contribution in [-0.2, 0) is 4.79 Å². The number of hydrogen-bond donors (Lipinski definition) is 3. The fraction of sp³-hybridized carbons (Fsp3) is 0.458. The van der Waals surface area contributed by atoms with E-state index in [0.29, 0.717) is 25.3 Å². The normalized spacial score (nSPS) is 15.5. The van der Waals surface area contributed by atoms with Crippen molar-refractivity contribution < 1.29 is 4.79 Å². The molecule has 0 bridgehead atoms. The van der Waals surface area contributed by atoms with Crippen molar-refractivity contribution in [3.63, 3.8) is 0 Å². The molecule has 1 amide bonds. The summed E-state index contributed by atoms with van der Waals surface area (Å²) in [5.74, 6) is 1.25. The SMILES string of the molecule is CCNC(=NCC(c1ccccc1)N1CCCC1)NCCC(=O)Nc1ccc(C)cn1. The number of nitrogens with one attached hydrogen (secondary N) is 3. The second-order valence-corrected chi connectivity index (χ2v) is 7.83. The van der Waals surface area contributed by atoms with Crippen LogP contribution in [-0.4, -0.2) is 54.5 Å². The van der Waals surface area contributed by atoms with Crippen molar-refractivity contribution in [3.05, 3.63) is 59.8 Å². The van der Waals surface area contributed by atoms with E-state index < -0.39 is 0 Å². The highest BCUT2D eigenvalue weighted by Crippen LogP contribution is 2.25. The van der Waals surface area contributed by atoms with Crippen molar-refractivity contribution >= 4 is 17.7 Å². The molecule has 0 aliphatic carbocycles. The van der Waals surface area contributed by atoms with Gasteiger partial charge in [0.05, 0.1) is 12.6 Å². The Morgan fingerprint density at radius 1 is 1.13 bits per heavy atom. The molecule has 1 aliphatic heterocycles. The number of carbonyl (C=O) groups is 1. The number of likely N-dealkylation sites (tertiary alicyclic amines) is 1. The Labute approximate surface area is 185 Å². The number of rotatable bonds is 9. The van der Waals surface area contributed by atoms with E-state index in [-0.39, 0.29) is 11.9 Å². The standard InChI is InChI=1S/C24H34N6O/c1-3-25-24(26-14-13-23(31)29-22-12-11-19(2)17-27-22)28-18-21(30-15-7-8-16-30)20-9-5-4-6-10-20/h4-6,9-12,17,21H,3,7-8,13-16,18H2,1-2H3,(H2,25,26,28)(H,27,29,31). The molecular weight excluding hydrogens is 388 g/mol. The van der Waals surface area contributed by atoms with Crippen LogP contribution < -0.4 is 16.0 Å². The van der Waals surface area contributed by atoms with Crippen LogP contribution in [0, 0.1) is 6.92 Å². The van der Waals surface area contributed by atoms with Crippen LogP contribution in [0.4, 0.5) is 5.82 Å². The molecule has 0 radical (unpaired) electrons. The molecule has 1 atom stereocenters. The number of amides is 1. The average Bonchev–Trinajstić information content (AvgIpc) is 3.31. The Hall–Kier alpha value is -2.93. The fourth-order valence-electron chi connectivity index (χ4n) is 3.72. The third-order valence-corrected chi connectivity index (χ3v) is 5.36. The summed E-state index contributed by atoms with van der Waals surface area (Å²) in [6.07, 6.45) is 4.58. The zero-order valence-corrected chi connectivity index (χ0v) is 18.6. The van der Waals surface area contributed by atoms with Crippen LogP contribution in [0.1, 0.15) is 43.4 Å². The lowest BCUT2D eigenvalue weighted by Gasteiger charge is -2.27. The molecule has 1 aromatic heterocycles. The Morgan fingerprint density at radius 2 is 1.90 bits per heavy atom. The van der Waals surface area contributed by atoms with E-state index in [4.69, 9.17) is 4.99 Å². The molecule has 31 heavy (non-hydrogen) atoms. The van der Waals surface area contributed by atoms with Crippen LogP contribution >= 0.6 is 0 Å². The van der Waals surface area contributed by atoms with Gasteiger partial charge in [0.2, 0.25) is 5.91 Å². The van der Waals surface area contributed by atoms with E-state index in [9.17, 15) is 4.79 Å². The molecule has 7 nitrogen and oxygen atoms in total. The molecule has 3 N–H and O–H groups in total. The van der Waals surface area contributed by atoms with Gasteiger partial charge < -0.3 is 16.0 Å². The van der Waals surface area contributed by atoms with Gasteiger partial charge in [0.1, 0.15) is 5.82 Å². The first-order valence-corrected chi connectivity index (χ1v) is 11.2. The Balaban J connectivity index is 1.54. The van der Waals surface area contributed by atoms with Gasteiger partial charge >= 0.3 is 0 Å². The lowest BCUT2D eigenvalue weighted by Crippen LogP contribution is -2.39. The minimum atomic E-state index is -0.0704. The second kappa shape index (κ2) is 12.1. The monoisotopic (exact) mass is 422 g/mol. The number of carbonyl (C=O) groups excluding carboxylic acids is 1. The van der Waals surface area contributed by atoms with Crippen molar-refractivity contribution in [2.24, 2.45) is 4.99 Å². The molecule has 1 fully saturated rings. The third kappa shape index (κ3) is 7.36. The van der Waals surface area contributed by atoms with Gasteiger partial charge in [0, 0.05) is 25.7 Å². The lowest BCUT2D eigenvalue weighted by molar-refractivity contribution is -0.116. The van der Waals surface area contributed by atoms with Crippen LogP contribution in [0.2, 0.25) is 0 Å². The predicted molar refractivity (Wildman–Crippen MR) is 126 cm³/mol. The van der Waals surface area contributed by atoms with Gasteiger partial charge in [-0.3, -0.25) is 14.7 Å². The third-order valence-electron chi connectivity index (χ3n) is 5.36. The van der Waals surface area contributed by atoms with Gasteiger partial charge in [-0.25, -0.2) is 4.98 Å². The Bertz CT molecular complexity index is 831. The van der Waals surface area contributed by atoms with Gasteiger partial charge in [-0.2, -0.15) is 0 Å². The number of aryl methyl sites for hydroxylation is 1. The van der Waals surface area contributed by atoms with Gasteiger partial charge in [-0.15, -0.1) is 0 Å². The number of guanidine groups is 1. The molecular formula is C24H34N6O. The second-order valence-electron chi connectivity index (χ2n) is 7.83. The number of aromatic nitrogens is 1. The maximum absolute atomic E-state index is 12.2. The van der Waals surface area contributed by atoms with Gasteiger partial charge in [-0.1, -0.05) is 36.4 Å². The van der Waals surface area contributed by atoms with Crippen LogP contribution in [0.15, 0.2) is 53.7 Å². The highest BCUT2D eigenvalue weighted by Gasteiger charge is 2.23. The lowest BCUT2D eigenvalue weighted by atomic mass is 10.1. The van der Waals surface area contributed by atoms with Gasteiger partial charge in [-0.05, 0) is 57.0 Å². The molecule has 1 aromatic carbocycles. The van der Waals surface area contributed by atoms with Gasteiger partial charge in [0.25, 0.3) is 0 Å². The molecule has 7 heteroatoms. The number of pyridine rings is 1. The van der Waals surface area contributed by atoms with Crippen molar-refractivity contribution in [2.45, 2.75) is 39.2 Å². The summed E-state index contributed by atoms with van der Waals surface area (Å²) in [4.78, 5) is 23.8. The quantitative estimate of drug-likeness (QED) is 0.427. The summed E-state index contributed by atoms with van der Waals surface area (Å²) in [5.41, 5.74) is 2.36. The number of benzene rings is 1. The van der Waals surface area contributed by atoms with E-state index in [1.165, 1.54) is 18.4 Å². The molecule has 166 valence electrons. The molecule has 1 unspecified atom stereocenters. The van der Waals surface area contributed by atoms with Crippen molar-refractivity contribution in [1.82, 2.24) is 20.5 Å². The summed E-state index contributed by atoms with van der Waals surface area (Å²) in [5, 5.41) is 9.40. The molecule has 1 saturated heterocycles. The smallest absolute Gasteiger partial charge is 0.227 e. The molecule has 2 aromatic rings. The maximum atomic E-state index is 12.2. The summed E-state index contributed by atoms with van der Waals surface area (Å²) >= 11 is 0. The minimum Gasteiger partial charge on any atom is -0.357 e. The topological polar surface area (TPSA) is 81.7 Å². The molecule has 0 spiro atoms. The van der Waals surface area contributed by atoms with Crippen molar-refractivity contribution in [3.8, 4) is 0 Å². The summed E-state index contributed by atoms with van der Waals surface area (Å²) in [6.45, 7) is 8.20. The van der Waals surface area contributed by atoms with E-state index in [0.717, 1.165) is 31.2 Å². The van der Waals surface area contributed by atoms with Gasteiger partial charge in [0.15, 0.2) is 5.96 Å². The fourth-order valence-corrected chi connectivity index (χ4v) is 3.72. The number of anilines is 1. The van der Waals surface area contributed by atoms with Crippen LogP contribution in [0.3, 0.4) is 0 Å². The molecule has 0 saturated carbocycles. The molecule has 3 rings (SSSR count). The summed E-state index contributed by atoms with van der Waals surface area (Å²) in [6, 6.07) is 14.6. The van der Waals surface area contributed by atoms with E-state index in [2.05, 4.69) is 56.2 Å². The predicted octanol–water partition coefficient (Wildman–Crippen LogP) is 3.11. The van der Waals surface area contributed by atoms with Crippen LogP contribution in [0.25, 0.3) is 0 Å². The highest BCUT2D eigenvalue weighted by atomic mass is 16.1. The summed E-state index contributed by atoms with van der Waals surface area (Å²) < 4.78 is 0. The number of nitrogens with zero attached hydrogens (tertiary/aromatic N) is 3. The first-order valence-electron chi connectivity index (χ1n) is 11.2. The molecule has 1 aliphatic rings. The first kappa shape index (κ1) is 22.7. The van der Waals surface area contributed by atoms with Crippen molar-refractivity contribution in [1.29, 1.82) is 0 Å². The zero-order chi connectivity index (χ0) is 21.9. The number of aliphatic imine (C=N–C) groups is 1. The summed E-state index contributed by atoms with van der Waals surface area (Å²) in [7, 11) is 0. The van der Waals surface area contributed by atoms with E-state index in [1.54, 1.807) is 6.20 Å². The van der Waals surface area contributed by atoms with Crippen LogP contribution in [0.5, 0.6) is 0 Å². The zero-order valence-electron chi connectivity index (χ0n) is 18.6. The number of hydrogen-bond acceptors (Lipinski definition) is 4. The Kier molecular flexibility index (Phi) is 8.84. The Morgan fingerprint density at radius 3 is 2.58 bits per heavy atom. The minimum absolute atomic E-state index is 0.0704.